The SMILES string of the molecule is CC(=O)OCC1OC(O[C@@H]2C(COC(C)=O)O[C@@H](O)C(OC(C)=O)[C@H]2OC(C)=O)C(OC(C)=O)[C@@H](OC(C)=O)[C@@H]1OC(C)=O. The number of aliphatic hydroxyl groups is 1. The average molecular weight is 637 g/mol. The summed E-state index contributed by atoms with van der Waals surface area (Å²) < 4.78 is 54.1. The quantitative estimate of drug-likeness (QED) is 0.203. The Labute approximate surface area is 251 Å². The van der Waals surface area contributed by atoms with Gasteiger partial charge in [0.2, 0.25) is 0 Å². The maximum Gasteiger partial charge on any atom is 0.303 e. The van der Waals surface area contributed by atoms with Crippen molar-refractivity contribution in [3.63, 3.8) is 0 Å². The lowest BCUT2D eigenvalue weighted by Gasteiger charge is -2.48. The number of hydrogen-bond donors (Lipinski definition) is 1. The fourth-order valence-electron chi connectivity index (χ4n) is 4.49. The van der Waals surface area contributed by atoms with Crippen LogP contribution in [0.4, 0.5) is 0 Å². The fraction of sp³-hybridized carbons (Fsp3) is 0.731. The van der Waals surface area contributed by atoms with Crippen LogP contribution in [0.15, 0.2) is 0 Å². The van der Waals surface area contributed by atoms with Crippen LogP contribution in [0.2, 0.25) is 0 Å². The van der Waals surface area contributed by atoms with Gasteiger partial charge in [0, 0.05) is 48.5 Å². The van der Waals surface area contributed by atoms with Crippen LogP contribution >= 0.6 is 0 Å². The molecule has 44 heavy (non-hydrogen) atoms. The maximum atomic E-state index is 12.2. The zero-order valence-electron chi connectivity index (χ0n) is 25.1. The van der Waals surface area contributed by atoms with E-state index < -0.39 is 116 Å². The maximum absolute atomic E-state index is 12.2. The van der Waals surface area contributed by atoms with Gasteiger partial charge in [0.05, 0.1) is 0 Å². The van der Waals surface area contributed by atoms with Gasteiger partial charge in [0.1, 0.15) is 31.5 Å². The van der Waals surface area contributed by atoms with Gasteiger partial charge in [0.25, 0.3) is 0 Å². The Morgan fingerprint density at radius 2 is 0.841 bits per heavy atom. The lowest BCUT2D eigenvalue weighted by atomic mass is 9.96. The van der Waals surface area contributed by atoms with Crippen LogP contribution in [-0.4, -0.2) is 122 Å². The Kier molecular flexibility index (Phi) is 13.4. The smallest absolute Gasteiger partial charge is 0.303 e. The summed E-state index contributed by atoms with van der Waals surface area (Å²) in [6.45, 7) is 6.11. The summed E-state index contributed by atoms with van der Waals surface area (Å²) in [5.41, 5.74) is 0. The third-order valence-electron chi connectivity index (χ3n) is 5.90. The Bertz CT molecular complexity index is 1090. The molecule has 2 fully saturated rings. The number of ether oxygens (including phenoxy) is 10. The first-order valence-corrected chi connectivity index (χ1v) is 13.3. The molecule has 0 aliphatic carbocycles. The number of rotatable bonds is 11. The summed E-state index contributed by atoms with van der Waals surface area (Å²) in [4.78, 5) is 83.5. The van der Waals surface area contributed by atoms with E-state index in [-0.39, 0.29) is 0 Å². The van der Waals surface area contributed by atoms with Gasteiger partial charge in [0.15, 0.2) is 43.1 Å². The van der Waals surface area contributed by atoms with Crippen LogP contribution in [0.25, 0.3) is 0 Å². The molecule has 1 N–H and O–H groups in total. The normalized spacial score (nSPS) is 31.5. The second-order valence-electron chi connectivity index (χ2n) is 9.68. The van der Waals surface area contributed by atoms with Crippen LogP contribution < -0.4 is 0 Å². The van der Waals surface area contributed by atoms with Gasteiger partial charge < -0.3 is 52.5 Å². The number of esters is 7. The molecule has 0 aromatic heterocycles. The first kappa shape index (κ1) is 36.3. The van der Waals surface area contributed by atoms with Gasteiger partial charge in [-0.25, -0.2) is 0 Å². The summed E-state index contributed by atoms with van der Waals surface area (Å²) in [5, 5.41) is 10.6. The molecule has 0 aromatic rings. The first-order valence-electron chi connectivity index (χ1n) is 13.3. The summed E-state index contributed by atoms with van der Waals surface area (Å²) in [7, 11) is 0. The van der Waals surface area contributed by atoms with Crippen molar-refractivity contribution < 1.29 is 86.0 Å². The van der Waals surface area contributed by atoms with Crippen LogP contribution in [0.1, 0.15) is 48.5 Å². The minimum absolute atomic E-state index is 0.572. The molecular formula is C26H36O18. The Balaban J connectivity index is 2.66. The van der Waals surface area contributed by atoms with E-state index in [1.54, 1.807) is 0 Å². The molecule has 18 nitrogen and oxygen atoms in total. The third kappa shape index (κ3) is 10.7. The van der Waals surface area contributed by atoms with Crippen molar-refractivity contribution in [3.8, 4) is 0 Å². The van der Waals surface area contributed by atoms with Crippen molar-refractivity contribution in [1.29, 1.82) is 0 Å². The zero-order valence-corrected chi connectivity index (χ0v) is 25.1. The van der Waals surface area contributed by atoms with E-state index in [0.29, 0.717) is 0 Å². The van der Waals surface area contributed by atoms with Crippen LogP contribution in [0, 0.1) is 0 Å². The van der Waals surface area contributed by atoms with E-state index in [2.05, 4.69) is 0 Å². The number of hydrogen-bond acceptors (Lipinski definition) is 18. The highest BCUT2D eigenvalue weighted by Crippen LogP contribution is 2.34. The molecule has 2 saturated heterocycles. The van der Waals surface area contributed by atoms with E-state index in [1.807, 2.05) is 0 Å². The summed E-state index contributed by atoms with van der Waals surface area (Å²) in [5.74, 6) is -6.03. The summed E-state index contributed by atoms with van der Waals surface area (Å²) >= 11 is 0. The van der Waals surface area contributed by atoms with Crippen molar-refractivity contribution in [2.75, 3.05) is 13.2 Å². The molecular weight excluding hydrogens is 600 g/mol. The molecule has 0 aromatic carbocycles. The average Bonchev–Trinajstić information content (AvgIpc) is 2.87. The minimum atomic E-state index is -1.90. The molecule has 10 atom stereocenters. The van der Waals surface area contributed by atoms with Crippen LogP contribution in [-0.2, 0) is 80.9 Å². The van der Waals surface area contributed by atoms with E-state index in [4.69, 9.17) is 47.4 Å². The third-order valence-corrected chi connectivity index (χ3v) is 5.90. The van der Waals surface area contributed by atoms with Crippen LogP contribution in [0.5, 0.6) is 0 Å². The molecule has 248 valence electrons. The molecule has 2 heterocycles. The standard InChI is InChI=1S/C26H36O18/c1-10(27)35-8-17-20(21(38-13(4)30)23(25(34)42-17)40-15(6)32)44-26-24(41-16(7)33)22(39-14(5)31)19(37-12(3)29)18(43-26)9-36-11(2)28/h17-26,34H,8-9H2,1-7H3/t17?,18?,19-,20-,21+,22+,23?,24?,25-,26?/m1/s1. The molecule has 2 aliphatic heterocycles. The highest BCUT2D eigenvalue weighted by molar-refractivity contribution is 5.69. The molecule has 18 heteroatoms. The number of aliphatic hydroxyl groups excluding tert-OH is 1. The summed E-state index contributed by atoms with van der Waals surface area (Å²) in [6, 6.07) is 0. The van der Waals surface area contributed by atoms with Crippen molar-refractivity contribution in [2.24, 2.45) is 0 Å². The molecule has 0 bridgehead atoms. The van der Waals surface area contributed by atoms with Gasteiger partial charge in [-0.15, -0.1) is 0 Å². The Morgan fingerprint density at radius 3 is 1.27 bits per heavy atom. The van der Waals surface area contributed by atoms with Gasteiger partial charge in [-0.3, -0.25) is 33.6 Å². The second kappa shape index (κ2) is 16.3. The lowest BCUT2D eigenvalue weighted by Crippen LogP contribution is -2.67. The molecule has 0 radical (unpaired) electrons. The largest absolute Gasteiger partial charge is 0.463 e. The molecule has 0 saturated carbocycles. The Morgan fingerprint density at radius 1 is 0.477 bits per heavy atom. The highest BCUT2D eigenvalue weighted by atomic mass is 16.8. The highest BCUT2D eigenvalue weighted by Gasteiger charge is 2.57. The van der Waals surface area contributed by atoms with Gasteiger partial charge >= 0.3 is 41.8 Å². The zero-order chi connectivity index (χ0) is 33.3. The fourth-order valence-corrected chi connectivity index (χ4v) is 4.49. The van der Waals surface area contributed by atoms with E-state index in [1.165, 1.54) is 0 Å². The van der Waals surface area contributed by atoms with E-state index in [0.717, 1.165) is 48.5 Å². The van der Waals surface area contributed by atoms with Crippen LogP contribution in [0.3, 0.4) is 0 Å². The summed E-state index contributed by atoms with van der Waals surface area (Å²) in [6.07, 6.45) is -16.3. The first-order chi connectivity index (χ1) is 20.5. The number of carbonyl (C=O) groups excluding carboxylic acids is 7. The number of carbonyl (C=O) groups is 7. The van der Waals surface area contributed by atoms with Gasteiger partial charge in [-0.1, -0.05) is 0 Å². The molecule has 5 unspecified atom stereocenters. The molecule has 2 aliphatic rings. The van der Waals surface area contributed by atoms with Gasteiger partial charge in [-0.05, 0) is 0 Å². The van der Waals surface area contributed by atoms with Crippen molar-refractivity contribution >= 4 is 41.8 Å². The minimum Gasteiger partial charge on any atom is -0.463 e. The second-order valence-corrected chi connectivity index (χ2v) is 9.68. The van der Waals surface area contributed by atoms with Crippen molar-refractivity contribution in [2.45, 2.75) is 110 Å². The monoisotopic (exact) mass is 636 g/mol. The lowest BCUT2D eigenvalue weighted by molar-refractivity contribution is -0.357. The molecule has 0 amide bonds. The topological polar surface area (TPSA) is 232 Å². The predicted molar refractivity (Wildman–Crippen MR) is 135 cm³/mol. The van der Waals surface area contributed by atoms with E-state index >= 15 is 0 Å². The predicted octanol–water partition coefficient (Wildman–Crippen LogP) is -1.40. The Hall–Kier alpha value is -3.87. The molecule has 0 spiro atoms. The molecule has 2 rings (SSSR count). The van der Waals surface area contributed by atoms with Crippen molar-refractivity contribution in [1.82, 2.24) is 0 Å². The van der Waals surface area contributed by atoms with Crippen molar-refractivity contribution in [3.05, 3.63) is 0 Å². The van der Waals surface area contributed by atoms with Gasteiger partial charge in [-0.2, -0.15) is 0 Å². The van der Waals surface area contributed by atoms with E-state index in [9.17, 15) is 38.7 Å².